The van der Waals surface area contributed by atoms with E-state index in [1.807, 2.05) is 0 Å². The Balaban J connectivity index is 3.15. The van der Waals surface area contributed by atoms with Gasteiger partial charge in [-0.25, -0.2) is 0 Å². The molecule has 0 saturated carbocycles. The summed E-state index contributed by atoms with van der Waals surface area (Å²) in [5.41, 5.74) is -4.38. The third-order valence-corrected chi connectivity index (χ3v) is 3.72. The Morgan fingerprint density at radius 1 is 1.50 bits per heavy atom. The lowest BCUT2D eigenvalue weighted by Crippen LogP contribution is -2.09. The van der Waals surface area contributed by atoms with E-state index in [2.05, 4.69) is 12.6 Å². The SMILES string of the molecule is CCOC(=O)Cc1ccc(C#N)c(SC(F)(F)F)c1S. The lowest BCUT2D eigenvalue weighted by atomic mass is 10.1. The molecule has 1 aromatic rings. The fourth-order valence-corrected chi connectivity index (χ4v) is 2.52. The van der Waals surface area contributed by atoms with Crippen molar-refractivity contribution in [3.8, 4) is 6.07 Å². The summed E-state index contributed by atoms with van der Waals surface area (Å²) in [5.74, 6) is -0.560. The number of alkyl halides is 3. The van der Waals surface area contributed by atoms with Crippen LogP contribution >= 0.6 is 24.4 Å². The maximum Gasteiger partial charge on any atom is 0.446 e. The highest BCUT2D eigenvalue weighted by molar-refractivity contribution is 8.00. The second kappa shape index (κ2) is 6.90. The van der Waals surface area contributed by atoms with Crippen LogP contribution in [0.4, 0.5) is 13.2 Å². The van der Waals surface area contributed by atoms with Crippen molar-refractivity contribution < 1.29 is 22.7 Å². The molecule has 0 aliphatic heterocycles. The van der Waals surface area contributed by atoms with E-state index < -0.39 is 23.2 Å². The number of hydrogen-bond acceptors (Lipinski definition) is 5. The summed E-state index contributed by atoms with van der Waals surface area (Å²) in [7, 11) is 0. The van der Waals surface area contributed by atoms with Gasteiger partial charge in [0.15, 0.2) is 0 Å². The first kappa shape index (κ1) is 16.7. The molecule has 1 rings (SSSR count). The molecule has 0 radical (unpaired) electrons. The zero-order chi connectivity index (χ0) is 15.3. The molecule has 0 unspecified atom stereocenters. The molecule has 3 nitrogen and oxygen atoms in total. The molecule has 0 fully saturated rings. The number of rotatable bonds is 4. The minimum absolute atomic E-state index is 0.0283. The Labute approximate surface area is 123 Å². The number of benzene rings is 1. The standard InChI is InChI=1S/C12H10F3NO2S2/c1-2-18-9(17)5-7-3-4-8(6-16)11(10(7)19)20-12(13,14)15/h3-4,19H,2,5H2,1H3. The van der Waals surface area contributed by atoms with Gasteiger partial charge in [-0.05, 0) is 30.3 Å². The molecule has 0 aliphatic rings. The van der Waals surface area contributed by atoms with E-state index in [0.29, 0.717) is 0 Å². The van der Waals surface area contributed by atoms with Gasteiger partial charge in [0.25, 0.3) is 0 Å². The topological polar surface area (TPSA) is 50.1 Å². The van der Waals surface area contributed by atoms with Gasteiger partial charge in [0, 0.05) is 9.79 Å². The van der Waals surface area contributed by atoms with Crippen LogP contribution in [0.3, 0.4) is 0 Å². The molecule has 0 spiro atoms. The van der Waals surface area contributed by atoms with Crippen molar-refractivity contribution >= 4 is 30.4 Å². The normalized spacial score (nSPS) is 11.0. The minimum Gasteiger partial charge on any atom is -0.466 e. The van der Waals surface area contributed by atoms with Gasteiger partial charge >= 0.3 is 11.5 Å². The van der Waals surface area contributed by atoms with Gasteiger partial charge in [-0.15, -0.1) is 12.6 Å². The van der Waals surface area contributed by atoms with Gasteiger partial charge in [-0.2, -0.15) is 18.4 Å². The number of hydrogen-bond donors (Lipinski definition) is 1. The Bertz CT molecular complexity index is 553. The summed E-state index contributed by atoms with van der Waals surface area (Å²) in [4.78, 5) is 11.0. The molecule has 1 aromatic carbocycles. The van der Waals surface area contributed by atoms with Gasteiger partial charge in [0.1, 0.15) is 6.07 Å². The van der Waals surface area contributed by atoms with Crippen LogP contribution in [0.2, 0.25) is 0 Å². The van der Waals surface area contributed by atoms with Crippen LogP contribution in [0, 0.1) is 11.3 Å². The van der Waals surface area contributed by atoms with E-state index in [4.69, 9.17) is 10.00 Å². The van der Waals surface area contributed by atoms with Crippen molar-refractivity contribution in [2.75, 3.05) is 6.61 Å². The second-order valence-electron chi connectivity index (χ2n) is 3.59. The average molecular weight is 321 g/mol. The molecule has 108 valence electrons. The predicted molar refractivity (Wildman–Crippen MR) is 70.7 cm³/mol. The average Bonchev–Trinajstić information content (AvgIpc) is 2.33. The molecular formula is C12H10F3NO2S2. The maximum atomic E-state index is 12.5. The Kier molecular flexibility index (Phi) is 5.77. The summed E-state index contributed by atoms with van der Waals surface area (Å²) < 4.78 is 42.2. The van der Waals surface area contributed by atoms with E-state index in [1.165, 1.54) is 12.1 Å². The van der Waals surface area contributed by atoms with E-state index in [9.17, 15) is 18.0 Å². The monoisotopic (exact) mass is 321 g/mol. The van der Waals surface area contributed by atoms with Gasteiger partial charge < -0.3 is 4.74 Å². The number of nitriles is 1. The van der Waals surface area contributed by atoms with Gasteiger partial charge in [0.2, 0.25) is 0 Å². The molecule has 20 heavy (non-hydrogen) atoms. The summed E-state index contributed by atoms with van der Waals surface area (Å²) in [5, 5.41) is 8.84. The van der Waals surface area contributed by atoms with Crippen molar-refractivity contribution in [2.24, 2.45) is 0 Å². The Hall–Kier alpha value is -1.33. The highest BCUT2D eigenvalue weighted by Gasteiger charge is 2.32. The number of halogens is 3. The smallest absolute Gasteiger partial charge is 0.446 e. The molecule has 0 heterocycles. The first-order chi connectivity index (χ1) is 9.28. The summed E-state index contributed by atoms with van der Waals surface area (Å²) in [6.07, 6.45) is -0.191. The molecule has 0 atom stereocenters. The fraction of sp³-hybridized carbons (Fsp3) is 0.333. The Morgan fingerprint density at radius 3 is 2.65 bits per heavy atom. The first-order valence-corrected chi connectivity index (χ1v) is 6.71. The molecule has 0 aliphatic carbocycles. The van der Waals surface area contributed by atoms with Crippen LogP contribution in [0.1, 0.15) is 18.1 Å². The zero-order valence-corrected chi connectivity index (χ0v) is 12.0. The third-order valence-electron chi connectivity index (χ3n) is 2.19. The highest BCUT2D eigenvalue weighted by Crippen LogP contribution is 2.42. The number of esters is 1. The number of thiol groups is 1. The van der Waals surface area contributed by atoms with Crippen LogP contribution < -0.4 is 0 Å². The van der Waals surface area contributed by atoms with Crippen LogP contribution in [-0.4, -0.2) is 18.1 Å². The quantitative estimate of drug-likeness (QED) is 0.523. The van der Waals surface area contributed by atoms with Crippen molar-refractivity contribution in [1.29, 1.82) is 5.26 Å². The van der Waals surface area contributed by atoms with Crippen LogP contribution in [-0.2, 0) is 16.0 Å². The second-order valence-corrected chi connectivity index (χ2v) is 5.11. The molecule has 0 bridgehead atoms. The van der Waals surface area contributed by atoms with Gasteiger partial charge in [-0.3, -0.25) is 4.79 Å². The molecule has 0 N–H and O–H groups in total. The zero-order valence-electron chi connectivity index (χ0n) is 10.3. The molecule has 0 amide bonds. The van der Waals surface area contributed by atoms with Crippen LogP contribution in [0.5, 0.6) is 0 Å². The Morgan fingerprint density at radius 2 is 2.15 bits per heavy atom. The molecule has 0 saturated heterocycles. The summed E-state index contributed by atoms with van der Waals surface area (Å²) in [6.45, 7) is 1.81. The van der Waals surface area contributed by atoms with Gasteiger partial charge in [-0.1, -0.05) is 6.07 Å². The fourth-order valence-electron chi connectivity index (χ4n) is 1.43. The van der Waals surface area contributed by atoms with Crippen LogP contribution in [0.25, 0.3) is 0 Å². The largest absolute Gasteiger partial charge is 0.466 e. The molecular weight excluding hydrogens is 311 g/mol. The lowest BCUT2D eigenvalue weighted by Gasteiger charge is -2.13. The number of nitrogens with zero attached hydrogens (tertiary/aromatic N) is 1. The molecule has 0 aromatic heterocycles. The van der Waals surface area contributed by atoms with Crippen LogP contribution in [0.15, 0.2) is 21.9 Å². The summed E-state index contributed by atoms with van der Waals surface area (Å²) >= 11 is 3.59. The highest BCUT2D eigenvalue weighted by atomic mass is 32.2. The van der Waals surface area contributed by atoms with Crippen molar-refractivity contribution in [2.45, 2.75) is 28.6 Å². The van der Waals surface area contributed by atoms with E-state index in [1.54, 1.807) is 13.0 Å². The third kappa shape index (κ3) is 4.65. The van der Waals surface area contributed by atoms with Gasteiger partial charge in [0.05, 0.1) is 18.6 Å². The van der Waals surface area contributed by atoms with Crippen molar-refractivity contribution in [1.82, 2.24) is 0 Å². The number of ether oxygens (including phenoxy) is 1. The number of carbonyl (C=O) groups excluding carboxylic acids is 1. The predicted octanol–water partition coefficient (Wildman–Crippen LogP) is 3.56. The first-order valence-electron chi connectivity index (χ1n) is 5.44. The van der Waals surface area contributed by atoms with Crippen molar-refractivity contribution in [3.63, 3.8) is 0 Å². The maximum absolute atomic E-state index is 12.5. The number of thioether (sulfide) groups is 1. The van der Waals surface area contributed by atoms with Crippen molar-refractivity contribution in [3.05, 3.63) is 23.3 Å². The number of carbonyl (C=O) groups is 1. The lowest BCUT2D eigenvalue weighted by molar-refractivity contribution is -0.142. The minimum atomic E-state index is -4.54. The summed E-state index contributed by atoms with van der Waals surface area (Å²) in [6, 6.07) is 4.32. The van der Waals surface area contributed by atoms with E-state index >= 15 is 0 Å². The van der Waals surface area contributed by atoms with E-state index in [-0.39, 0.29) is 33.9 Å². The van der Waals surface area contributed by atoms with E-state index in [0.717, 1.165) is 0 Å². The molecule has 8 heteroatoms.